The lowest BCUT2D eigenvalue weighted by Gasteiger charge is -2.25. The minimum absolute atomic E-state index is 0.0677. The van der Waals surface area contributed by atoms with Gasteiger partial charge >= 0.3 is 0 Å². The number of nitrogens with zero attached hydrogens (tertiary/aromatic N) is 1. The lowest BCUT2D eigenvalue weighted by Crippen LogP contribution is -2.35. The predicted octanol–water partition coefficient (Wildman–Crippen LogP) is 3.00. The normalized spacial score (nSPS) is 14.9. The first kappa shape index (κ1) is 19.2. The van der Waals surface area contributed by atoms with Gasteiger partial charge in [0.1, 0.15) is 5.75 Å². The molecule has 0 saturated carbocycles. The van der Waals surface area contributed by atoms with E-state index in [-0.39, 0.29) is 11.8 Å². The summed E-state index contributed by atoms with van der Waals surface area (Å²) in [6.45, 7) is 0.995. The van der Waals surface area contributed by atoms with E-state index in [0.29, 0.717) is 23.7 Å². The molecule has 2 aromatic rings. The lowest BCUT2D eigenvalue weighted by molar-refractivity contribution is 0.299. The summed E-state index contributed by atoms with van der Waals surface area (Å²) in [6.07, 6.45) is 0.890. The largest absolute Gasteiger partial charge is 0.493 e. The molecule has 1 aliphatic heterocycles. The molecule has 140 valence electrons. The Bertz CT molecular complexity index is 884. The molecule has 0 unspecified atom stereocenters. The van der Waals surface area contributed by atoms with Crippen molar-refractivity contribution in [3.63, 3.8) is 0 Å². The molecule has 0 radical (unpaired) electrons. The van der Waals surface area contributed by atoms with Crippen LogP contribution in [0.1, 0.15) is 22.7 Å². The Hall–Kier alpha value is -1.60. The Morgan fingerprint density at radius 3 is 2.73 bits per heavy atom. The Morgan fingerprint density at radius 1 is 1.23 bits per heavy atom. The van der Waals surface area contributed by atoms with Crippen LogP contribution < -0.4 is 9.46 Å². The molecule has 0 aromatic heterocycles. The third-order valence-electron chi connectivity index (χ3n) is 4.52. The van der Waals surface area contributed by atoms with E-state index in [2.05, 4.69) is 10.8 Å². The molecule has 0 amide bonds. The molecule has 26 heavy (non-hydrogen) atoms. The summed E-state index contributed by atoms with van der Waals surface area (Å²) in [5, 5.41) is 0.459. The van der Waals surface area contributed by atoms with Crippen molar-refractivity contribution >= 4 is 21.6 Å². The number of hydrogen-bond acceptors (Lipinski definition) is 4. The topological polar surface area (TPSA) is 58.6 Å². The molecular weight excluding hydrogens is 372 g/mol. The Morgan fingerprint density at radius 2 is 2.00 bits per heavy atom. The van der Waals surface area contributed by atoms with Gasteiger partial charge in [0.05, 0.1) is 12.4 Å². The monoisotopic (exact) mass is 394 g/mol. The van der Waals surface area contributed by atoms with Crippen molar-refractivity contribution in [1.29, 1.82) is 0 Å². The number of halogens is 1. The Kier molecular flexibility index (Phi) is 5.87. The van der Waals surface area contributed by atoms with Gasteiger partial charge in [-0.25, -0.2) is 13.1 Å². The number of benzene rings is 2. The fourth-order valence-electron chi connectivity index (χ4n) is 3.09. The van der Waals surface area contributed by atoms with Crippen molar-refractivity contribution in [3.05, 3.63) is 64.2 Å². The minimum atomic E-state index is -3.49. The van der Waals surface area contributed by atoms with E-state index in [1.807, 2.05) is 31.1 Å². The summed E-state index contributed by atoms with van der Waals surface area (Å²) in [7, 11) is 0.391. The van der Waals surface area contributed by atoms with E-state index in [0.717, 1.165) is 17.7 Å². The summed E-state index contributed by atoms with van der Waals surface area (Å²) >= 11 is 6.08. The number of sulfonamides is 1. The van der Waals surface area contributed by atoms with Crippen LogP contribution in [0.4, 0.5) is 0 Å². The van der Waals surface area contributed by atoms with E-state index >= 15 is 0 Å². The fraction of sp³-hybridized carbons (Fsp3) is 0.368. The molecule has 0 spiro atoms. The molecule has 2 aromatic carbocycles. The molecule has 0 bridgehead atoms. The maximum atomic E-state index is 12.5. The summed E-state index contributed by atoms with van der Waals surface area (Å²) in [5.41, 5.74) is 2.84. The molecule has 0 fully saturated rings. The lowest BCUT2D eigenvalue weighted by atomic mass is 10.0. The average molecular weight is 395 g/mol. The number of nitrogens with one attached hydrogen (secondary N) is 1. The number of hydrogen-bond donors (Lipinski definition) is 1. The van der Waals surface area contributed by atoms with Crippen molar-refractivity contribution in [2.24, 2.45) is 0 Å². The van der Waals surface area contributed by atoms with Gasteiger partial charge in [0.25, 0.3) is 0 Å². The highest BCUT2D eigenvalue weighted by Gasteiger charge is 2.21. The van der Waals surface area contributed by atoms with Gasteiger partial charge < -0.3 is 9.64 Å². The van der Waals surface area contributed by atoms with Crippen molar-refractivity contribution in [1.82, 2.24) is 9.62 Å². The van der Waals surface area contributed by atoms with Crippen LogP contribution in [-0.4, -0.2) is 40.6 Å². The Labute approximate surface area is 160 Å². The van der Waals surface area contributed by atoms with E-state index in [4.69, 9.17) is 16.3 Å². The van der Waals surface area contributed by atoms with Crippen LogP contribution in [0, 0.1) is 0 Å². The summed E-state index contributed by atoms with van der Waals surface area (Å²) in [4.78, 5) is 2.01. The smallest absolute Gasteiger partial charge is 0.215 e. The van der Waals surface area contributed by atoms with E-state index in [1.54, 1.807) is 24.3 Å². The van der Waals surface area contributed by atoms with Crippen molar-refractivity contribution in [3.8, 4) is 5.75 Å². The van der Waals surface area contributed by atoms with Gasteiger partial charge in [-0.2, -0.15) is 0 Å². The van der Waals surface area contributed by atoms with Crippen molar-refractivity contribution in [2.75, 3.05) is 27.2 Å². The first-order valence-corrected chi connectivity index (χ1v) is 10.5. The molecule has 1 aliphatic rings. The zero-order valence-corrected chi connectivity index (χ0v) is 16.5. The van der Waals surface area contributed by atoms with Crippen LogP contribution >= 0.6 is 11.6 Å². The maximum Gasteiger partial charge on any atom is 0.215 e. The number of rotatable bonds is 7. The molecule has 1 N–H and O–H groups in total. The van der Waals surface area contributed by atoms with Crippen LogP contribution in [0.25, 0.3) is 0 Å². The number of likely N-dealkylation sites (N-methyl/N-ethyl adjacent to an activating group) is 1. The molecule has 0 saturated heterocycles. The van der Waals surface area contributed by atoms with Gasteiger partial charge in [0.2, 0.25) is 10.0 Å². The minimum Gasteiger partial charge on any atom is -0.493 e. The summed E-state index contributed by atoms with van der Waals surface area (Å²) < 4.78 is 33.2. The Balaban J connectivity index is 1.71. The zero-order chi connectivity index (χ0) is 18.7. The molecule has 5 nitrogen and oxygen atoms in total. The van der Waals surface area contributed by atoms with Crippen LogP contribution in [0.15, 0.2) is 42.5 Å². The third-order valence-corrected chi connectivity index (χ3v) is 6.19. The summed E-state index contributed by atoms with van der Waals surface area (Å²) in [5.74, 6) is 0.788. The highest BCUT2D eigenvalue weighted by molar-refractivity contribution is 7.88. The number of fused-ring (bicyclic) bond motifs is 1. The van der Waals surface area contributed by atoms with Gasteiger partial charge in [-0.05, 0) is 42.9 Å². The molecule has 1 atom stereocenters. The van der Waals surface area contributed by atoms with Gasteiger partial charge in [-0.15, -0.1) is 0 Å². The second kappa shape index (κ2) is 7.96. The molecule has 0 aliphatic carbocycles. The second-order valence-corrected chi connectivity index (χ2v) is 8.86. The summed E-state index contributed by atoms with van der Waals surface area (Å²) in [6, 6.07) is 13.0. The quantitative estimate of drug-likeness (QED) is 0.784. The van der Waals surface area contributed by atoms with Gasteiger partial charge in [0, 0.05) is 24.0 Å². The van der Waals surface area contributed by atoms with E-state index < -0.39 is 10.0 Å². The SMILES string of the molecule is CN(C)[C@@H](CNS(=O)(=O)Cc1ccccc1Cl)c1ccc2c(c1)CCO2. The highest BCUT2D eigenvalue weighted by Crippen LogP contribution is 2.29. The molecular formula is C19H23ClN2O3S. The third kappa shape index (κ3) is 4.57. The first-order valence-electron chi connectivity index (χ1n) is 8.48. The van der Waals surface area contributed by atoms with Crippen LogP contribution in [0.3, 0.4) is 0 Å². The van der Waals surface area contributed by atoms with Crippen LogP contribution in [-0.2, 0) is 22.2 Å². The molecule has 1 heterocycles. The second-order valence-electron chi connectivity index (χ2n) is 6.64. The van der Waals surface area contributed by atoms with E-state index in [1.165, 1.54) is 5.56 Å². The predicted molar refractivity (Wildman–Crippen MR) is 104 cm³/mol. The van der Waals surface area contributed by atoms with Gasteiger partial charge in [-0.1, -0.05) is 41.9 Å². The van der Waals surface area contributed by atoms with Crippen LogP contribution in [0.5, 0.6) is 5.75 Å². The standard InChI is InChI=1S/C19H23ClN2O3S/c1-22(2)18(14-7-8-19-15(11-14)9-10-25-19)12-21-26(23,24)13-16-5-3-4-6-17(16)20/h3-8,11,18,21H,9-10,12-13H2,1-2H3/t18-/m0/s1. The van der Waals surface area contributed by atoms with Gasteiger partial charge in [0.15, 0.2) is 0 Å². The molecule has 3 rings (SSSR count). The fourth-order valence-corrected chi connectivity index (χ4v) is 4.55. The average Bonchev–Trinajstić information content (AvgIpc) is 3.04. The molecule has 7 heteroatoms. The van der Waals surface area contributed by atoms with Crippen molar-refractivity contribution < 1.29 is 13.2 Å². The van der Waals surface area contributed by atoms with Crippen molar-refractivity contribution in [2.45, 2.75) is 18.2 Å². The van der Waals surface area contributed by atoms with E-state index in [9.17, 15) is 8.42 Å². The highest BCUT2D eigenvalue weighted by atomic mass is 35.5. The number of ether oxygens (including phenoxy) is 1. The maximum absolute atomic E-state index is 12.5. The van der Waals surface area contributed by atoms with Crippen LogP contribution in [0.2, 0.25) is 5.02 Å². The van der Waals surface area contributed by atoms with Gasteiger partial charge in [-0.3, -0.25) is 0 Å². The first-order chi connectivity index (χ1) is 12.4. The zero-order valence-electron chi connectivity index (χ0n) is 14.9.